The summed E-state index contributed by atoms with van der Waals surface area (Å²) in [7, 11) is 1.38. The highest BCUT2D eigenvalue weighted by Gasteiger charge is 2.22. The van der Waals surface area contributed by atoms with Gasteiger partial charge in [-0.05, 0) is 68.5 Å². The van der Waals surface area contributed by atoms with E-state index < -0.39 is 0 Å². The normalized spacial score (nSPS) is 15.9. The molecule has 1 aromatic rings. The maximum Gasteiger partial charge on any atom is 0.305 e. The molecule has 1 aliphatic rings. The van der Waals surface area contributed by atoms with Crippen LogP contribution in [0.4, 0.5) is 5.69 Å². The second-order valence-corrected chi connectivity index (χ2v) is 6.87. The van der Waals surface area contributed by atoms with Crippen LogP contribution in [0.1, 0.15) is 39.0 Å². The van der Waals surface area contributed by atoms with Crippen molar-refractivity contribution >= 4 is 17.6 Å². The standard InChI is InChI=1S/C20H30N2O4/c1-15(16-9-11-21-12-10-16)14-19(23)22-17-5-7-18(8-6-17)26-13-3-4-20(24)25-2/h5-8,15-16,21H,3-4,9-14H2,1-2H3,(H,22,23). The van der Waals surface area contributed by atoms with E-state index in [9.17, 15) is 9.59 Å². The lowest BCUT2D eigenvalue weighted by molar-refractivity contribution is -0.140. The number of methoxy groups -OCH3 is 1. The van der Waals surface area contributed by atoms with Gasteiger partial charge >= 0.3 is 5.97 Å². The lowest BCUT2D eigenvalue weighted by Crippen LogP contribution is -2.32. The van der Waals surface area contributed by atoms with E-state index in [4.69, 9.17) is 4.74 Å². The predicted molar refractivity (Wildman–Crippen MR) is 101 cm³/mol. The zero-order chi connectivity index (χ0) is 18.8. The van der Waals surface area contributed by atoms with Crippen LogP contribution < -0.4 is 15.4 Å². The molecule has 26 heavy (non-hydrogen) atoms. The molecule has 6 nitrogen and oxygen atoms in total. The van der Waals surface area contributed by atoms with Crippen LogP contribution in [0, 0.1) is 11.8 Å². The number of ether oxygens (including phenoxy) is 2. The topological polar surface area (TPSA) is 76.7 Å². The maximum atomic E-state index is 12.3. The summed E-state index contributed by atoms with van der Waals surface area (Å²) < 4.78 is 10.2. The largest absolute Gasteiger partial charge is 0.494 e. The number of piperidine rings is 1. The molecule has 2 rings (SSSR count). The molecule has 1 heterocycles. The molecule has 1 fully saturated rings. The monoisotopic (exact) mass is 362 g/mol. The number of benzene rings is 1. The number of nitrogens with one attached hydrogen (secondary N) is 2. The molecule has 1 saturated heterocycles. The van der Waals surface area contributed by atoms with Crippen molar-refractivity contribution in [2.45, 2.75) is 39.0 Å². The fraction of sp³-hybridized carbons (Fsp3) is 0.600. The minimum absolute atomic E-state index is 0.0581. The van der Waals surface area contributed by atoms with Crippen molar-refractivity contribution in [3.8, 4) is 5.75 Å². The van der Waals surface area contributed by atoms with Crippen LogP contribution in [-0.2, 0) is 14.3 Å². The third-order valence-corrected chi connectivity index (χ3v) is 4.86. The van der Waals surface area contributed by atoms with Gasteiger partial charge in [0.1, 0.15) is 5.75 Å². The molecule has 0 bridgehead atoms. The highest BCUT2D eigenvalue weighted by atomic mass is 16.5. The first kappa shape index (κ1) is 20.2. The molecule has 2 N–H and O–H groups in total. The third kappa shape index (κ3) is 7.04. The van der Waals surface area contributed by atoms with Crippen molar-refractivity contribution < 1.29 is 19.1 Å². The Labute approximate surface area is 155 Å². The number of anilines is 1. The van der Waals surface area contributed by atoms with Crippen molar-refractivity contribution in [1.29, 1.82) is 0 Å². The zero-order valence-corrected chi connectivity index (χ0v) is 15.8. The summed E-state index contributed by atoms with van der Waals surface area (Å²) in [6, 6.07) is 7.32. The minimum atomic E-state index is -0.231. The Kier molecular flexibility index (Phi) is 8.41. The van der Waals surface area contributed by atoms with E-state index in [1.807, 2.05) is 24.3 Å². The van der Waals surface area contributed by atoms with Crippen LogP contribution in [0.3, 0.4) is 0 Å². The number of hydrogen-bond acceptors (Lipinski definition) is 5. The Balaban J connectivity index is 1.70. The average molecular weight is 362 g/mol. The summed E-state index contributed by atoms with van der Waals surface area (Å²) in [5.74, 6) is 1.57. The van der Waals surface area contributed by atoms with Crippen LogP contribution in [0.5, 0.6) is 5.75 Å². The van der Waals surface area contributed by atoms with Crippen LogP contribution in [-0.4, -0.2) is 38.7 Å². The molecule has 1 unspecified atom stereocenters. The lowest BCUT2D eigenvalue weighted by atomic mass is 9.84. The van der Waals surface area contributed by atoms with E-state index >= 15 is 0 Å². The predicted octanol–water partition coefficient (Wildman–Crippen LogP) is 2.98. The Morgan fingerprint density at radius 2 is 1.92 bits per heavy atom. The van der Waals surface area contributed by atoms with Gasteiger partial charge in [0.05, 0.1) is 13.7 Å². The maximum absolute atomic E-state index is 12.3. The van der Waals surface area contributed by atoms with E-state index in [0.29, 0.717) is 37.7 Å². The number of esters is 1. The summed E-state index contributed by atoms with van der Waals surface area (Å²) in [4.78, 5) is 23.3. The molecule has 144 valence electrons. The molecule has 1 amide bonds. The first-order valence-corrected chi connectivity index (χ1v) is 9.38. The molecular formula is C20H30N2O4. The Bertz CT molecular complexity index is 568. The van der Waals surface area contributed by atoms with Crippen molar-refractivity contribution in [1.82, 2.24) is 5.32 Å². The summed E-state index contributed by atoms with van der Waals surface area (Å²) in [6.07, 6.45) is 3.81. The molecule has 1 aromatic carbocycles. The number of hydrogen-bond donors (Lipinski definition) is 2. The summed E-state index contributed by atoms with van der Waals surface area (Å²) in [6.45, 7) is 4.73. The van der Waals surface area contributed by atoms with Crippen LogP contribution in [0.2, 0.25) is 0 Å². The van der Waals surface area contributed by atoms with Gasteiger partial charge in [-0.15, -0.1) is 0 Å². The molecule has 0 aliphatic carbocycles. The van der Waals surface area contributed by atoms with Gasteiger partial charge in [0.15, 0.2) is 0 Å². The van der Waals surface area contributed by atoms with Crippen molar-refractivity contribution in [3.63, 3.8) is 0 Å². The highest BCUT2D eigenvalue weighted by molar-refractivity contribution is 5.90. The molecule has 0 radical (unpaired) electrons. The Morgan fingerprint density at radius 1 is 1.23 bits per heavy atom. The fourth-order valence-corrected chi connectivity index (χ4v) is 3.23. The molecule has 1 atom stereocenters. The lowest BCUT2D eigenvalue weighted by Gasteiger charge is -2.27. The van der Waals surface area contributed by atoms with E-state index in [2.05, 4.69) is 22.3 Å². The van der Waals surface area contributed by atoms with Crippen molar-refractivity contribution in [2.75, 3.05) is 32.1 Å². The quantitative estimate of drug-likeness (QED) is 0.522. The number of carbonyl (C=O) groups is 2. The smallest absolute Gasteiger partial charge is 0.305 e. The van der Waals surface area contributed by atoms with Gasteiger partial charge < -0.3 is 20.1 Å². The van der Waals surface area contributed by atoms with Crippen LogP contribution in [0.15, 0.2) is 24.3 Å². The molecular weight excluding hydrogens is 332 g/mol. The fourth-order valence-electron chi connectivity index (χ4n) is 3.23. The first-order chi connectivity index (χ1) is 12.6. The van der Waals surface area contributed by atoms with Gasteiger partial charge in [0.2, 0.25) is 5.91 Å². The second kappa shape index (κ2) is 10.8. The zero-order valence-electron chi connectivity index (χ0n) is 15.8. The molecule has 0 saturated carbocycles. The number of carbonyl (C=O) groups excluding carboxylic acids is 2. The number of amides is 1. The number of rotatable bonds is 9. The van der Waals surface area contributed by atoms with Crippen molar-refractivity contribution in [2.24, 2.45) is 11.8 Å². The van der Waals surface area contributed by atoms with Gasteiger partial charge in [-0.3, -0.25) is 9.59 Å². The summed E-state index contributed by atoms with van der Waals surface area (Å²) in [5, 5.41) is 6.32. The molecule has 0 aromatic heterocycles. The Hall–Kier alpha value is -2.08. The summed E-state index contributed by atoms with van der Waals surface area (Å²) in [5.41, 5.74) is 0.773. The molecule has 0 spiro atoms. The van der Waals surface area contributed by atoms with E-state index in [-0.39, 0.29) is 11.9 Å². The van der Waals surface area contributed by atoms with Crippen LogP contribution in [0.25, 0.3) is 0 Å². The Morgan fingerprint density at radius 3 is 2.58 bits per heavy atom. The van der Waals surface area contributed by atoms with Crippen molar-refractivity contribution in [3.05, 3.63) is 24.3 Å². The van der Waals surface area contributed by atoms with Gasteiger partial charge in [-0.25, -0.2) is 0 Å². The average Bonchev–Trinajstić information content (AvgIpc) is 2.66. The second-order valence-electron chi connectivity index (χ2n) is 6.87. The van der Waals surface area contributed by atoms with Gasteiger partial charge in [-0.1, -0.05) is 6.92 Å². The van der Waals surface area contributed by atoms with E-state index in [1.165, 1.54) is 7.11 Å². The SMILES string of the molecule is COC(=O)CCCOc1ccc(NC(=O)CC(C)C2CCNCC2)cc1. The van der Waals surface area contributed by atoms with E-state index in [1.54, 1.807) is 0 Å². The third-order valence-electron chi connectivity index (χ3n) is 4.86. The highest BCUT2D eigenvalue weighted by Crippen LogP contribution is 2.25. The molecule has 6 heteroatoms. The summed E-state index contributed by atoms with van der Waals surface area (Å²) >= 11 is 0. The van der Waals surface area contributed by atoms with Crippen LogP contribution >= 0.6 is 0 Å². The van der Waals surface area contributed by atoms with Gasteiger partial charge in [0.25, 0.3) is 0 Å². The van der Waals surface area contributed by atoms with E-state index in [0.717, 1.165) is 37.4 Å². The first-order valence-electron chi connectivity index (χ1n) is 9.38. The minimum Gasteiger partial charge on any atom is -0.494 e. The van der Waals surface area contributed by atoms with Gasteiger partial charge in [0, 0.05) is 18.5 Å². The molecule has 1 aliphatic heterocycles. The van der Waals surface area contributed by atoms with Gasteiger partial charge in [-0.2, -0.15) is 0 Å².